The fourth-order valence-electron chi connectivity index (χ4n) is 1.92. The minimum absolute atomic E-state index is 0.0901. The fraction of sp³-hybridized carbons (Fsp3) is 0. The molecule has 0 atom stereocenters. The van der Waals surface area contributed by atoms with Gasteiger partial charge in [-0.05, 0) is 28.8 Å². The van der Waals surface area contributed by atoms with Crippen molar-refractivity contribution in [1.82, 2.24) is 19.7 Å². The van der Waals surface area contributed by atoms with Crippen LogP contribution in [0.5, 0.6) is 0 Å². The number of aromatic nitrogens is 4. The van der Waals surface area contributed by atoms with Crippen molar-refractivity contribution >= 4 is 22.7 Å². The van der Waals surface area contributed by atoms with E-state index in [4.69, 9.17) is 10.6 Å². The molecule has 0 aliphatic heterocycles. The van der Waals surface area contributed by atoms with Crippen LogP contribution in [0.4, 0.5) is 5.82 Å². The summed E-state index contributed by atoms with van der Waals surface area (Å²) in [6.07, 6.45) is 4.36. The van der Waals surface area contributed by atoms with Crippen molar-refractivity contribution in [3.05, 3.63) is 52.8 Å². The van der Waals surface area contributed by atoms with Gasteiger partial charge < -0.3 is 5.11 Å². The highest BCUT2D eigenvalue weighted by Gasteiger charge is 2.12. The lowest BCUT2D eigenvalue weighted by Gasteiger charge is -2.04. The number of hydrogen-bond acceptors (Lipinski definition) is 5. The Labute approximate surface area is 117 Å². The standard InChI is InChI=1S/C12H7N7O2/c13-18-17-10-11(15-4-3-14-10)19-9-2-1-7(12(20)21)5-8(9)6-16-19/h1-6H,(H,20,21). The predicted octanol–water partition coefficient (Wildman–Crippen LogP) is 2.46. The molecule has 0 saturated heterocycles. The van der Waals surface area contributed by atoms with Crippen LogP contribution in [0, 0.1) is 0 Å². The first-order chi connectivity index (χ1) is 10.2. The number of hydrogen-bond donors (Lipinski definition) is 1. The summed E-state index contributed by atoms with van der Waals surface area (Å²) < 4.78 is 1.44. The van der Waals surface area contributed by atoms with Gasteiger partial charge in [0.1, 0.15) is 0 Å². The second-order valence-electron chi connectivity index (χ2n) is 4.03. The molecule has 0 amide bonds. The van der Waals surface area contributed by atoms with Crippen LogP contribution in [-0.2, 0) is 0 Å². The van der Waals surface area contributed by atoms with Crippen molar-refractivity contribution in [2.45, 2.75) is 0 Å². The lowest BCUT2D eigenvalue weighted by atomic mass is 10.1. The second kappa shape index (κ2) is 4.91. The summed E-state index contributed by atoms with van der Waals surface area (Å²) in [5.74, 6) is -0.653. The molecule has 9 nitrogen and oxygen atoms in total. The van der Waals surface area contributed by atoms with Gasteiger partial charge in [0.15, 0.2) is 11.6 Å². The lowest BCUT2D eigenvalue weighted by molar-refractivity contribution is 0.0697. The van der Waals surface area contributed by atoms with E-state index < -0.39 is 5.97 Å². The largest absolute Gasteiger partial charge is 0.478 e. The molecule has 2 heterocycles. The number of nitrogens with zero attached hydrogens (tertiary/aromatic N) is 7. The molecule has 0 saturated carbocycles. The van der Waals surface area contributed by atoms with Gasteiger partial charge in [0.2, 0.25) is 0 Å². The summed E-state index contributed by atoms with van der Waals surface area (Å²) in [5.41, 5.74) is 9.35. The maximum atomic E-state index is 11.0. The Balaban J connectivity index is 2.22. The van der Waals surface area contributed by atoms with E-state index >= 15 is 0 Å². The van der Waals surface area contributed by atoms with Crippen LogP contribution in [0.1, 0.15) is 10.4 Å². The van der Waals surface area contributed by atoms with Crippen molar-refractivity contribution in [1.29, 1.82) is 0 Å². The van der Waals surface area contributed by atoms with E-state index in [-0.39, 0.29) is 17.2 Å². The minimum Gasteiger partial charge on any atom is -0.478 e. The maximum absolute atomic E-state index is 11.0. The van der Waals surface area contributed by atoms with Crippen LogP contribution in [0.2, 0.25) is 0 Å². The monoisotopic (exact) mass is 281 g/mol. The third-order valence-electron chi connectivity index (χ3n) is 2.82. The average Bonchev–Trinajstić information content (AvgIpc) is 2.91. The van der Waals surface area contributed by atoms with Crippen molar-refractivity contribution in [2.24, 2.45) is 5.11 Å². The zero-order valence-corrected chi connectivity index (χ0v) is 10.5. The molecule has 0 aliphatic carbocycles. The van der Waals surface area contributed by atoms with Crippen LogP contribution >= 0.6 is 0 Å². The van der Waals surface area contributed by atoms with Gasteiger partial charge in [0.05, 0.1) is 17.3 Å². The van der Waals surface area contributed by atoms with Gasteiger partial charge in [-0.15, -0.1) is 0 Å². The minimum atomic E-state index is -1.01. The van der Waals surface area contributed by atoms with Crippen LogP contribution in [-0.4, -0.2) is 30.8 Å². The first-order valence-electron chi connectivity index (χ1n) is 5.78. The molecule has 3 aromatic rings. The molecule has 0 spiro atoms. The van der Waals surface area contributed by atoms with E-state index in [1.54, 1.807) is 6.07 Å². The number of carboxylic acids is 1. The summed E-state index contributed by atoms with van der Waals surface area (Å²) in [6, 6.07) is 4.58. The van der Waals surface area contributed by atoms with Gasteiger partial charge in [-0.2, -0.15) is 5.10 Å². The van der Waals surface area contributed by atoms with Gasteiger partial charge in [-0.1, -0.05) is 0 Å². The molecule has 0 unspecified atom stereocenters. The van der Waals surface area contributed by atoms with E-state index in [1.165, 1.54) is 35.4 Å². The van der Waals surface area contributed by atoms with Crippen molar-refractivity contribution in [2.75, 3.05) is 0 Å². The average molecular weight is 281 g/mol. The number of aromatic carboxylic acids is 1. The Morgan fingerprint density at radius 1 is 1.33 bits per heavy atom. The van der Waals surface area contributed by atoms with Crippen LogP contribution in [0.3, 0.4) is 0 Å². The highest BCUT2D eigenvalue weighted by atomic mass is 16.4. The zero-order valence-electron chi connectivity index (χ0n) is 10.5. The van der Waals surface area contributed by atoms with E-state index in [2.05, 4.69) is 25.1 Å². The first kappa shape index (κ1) is 12.6. The predicted molar refractivity (Wildman–Crippen MR) is 72.4 cm³/mol. The van der Waals surface area contributed by atoms with E-state index in [1.807, 2.05) is 0 Å². The molecule has 21 heavy (non-hydrogen) atoms. The summed E-state index contributed by atoms with van der Waals surface area (Å²) in [5, 5.41) is 17.2. The van der Waals surface area contributed by atoms with Gasteiger partial charge in [-0.3, -0.25) is 0 Å². The molecule has 9 heteroatoms. The van der Waals surface area contributed by atoms with Crippen LogP contribution in [0.15, 0.2) is 41.9 Å². The molecule has 0 radical (unpaired) electrons. The normalized spacial score (nSPS) is 10.3. The molecule has 102 valence electrons. The number of fused-ring (bicyclic) bond motifs is 1. The van der Waals surface area contributed by atoms with Gasteiger partial charge in [0.25, 0.3) is 0 Å². The Morgan fingerprint density at radius 3 is 2.90 bits per heavy atom. The highest BCUT2D eigenvalue weighted by Crippen LogP contribution is 2.23. The van der Waals surface area contributed by atoms with Gasteiger partial charge >= 0.3 is 5.97 Å². The molecule has 0 bridgehead atoms. The molecule has 1 aromatic carbocycles. The van der Waals surface area contributed by atoms with Gasteiger partial charge in [-0.25, -0.2) is 19.4 Å². The highest BCUT2D eigenvalue weighted by molar-refractivity contribution is 5.93. The Kier molecular flexibility index (Phi) is 2.94. The zero-order chi connectivity index (χ0) is 14.8. The Morgan fingerprint density at radius 2 is 2.14 bits per heavy atom. The molecular formula is C12H7N7O2. The molecule has 2 aromatic heterocycles. The van der Waals surface area contributed by atoms with Gasteiger partial charge in [0, 0.05) is 22.7 Å². The number of carboxylic acid groups (broad SMARTS) is 1. The Bertz CT molecular complexity index is 896. The SMILES string of the molecule is [N-]=[N+]=Nc1nccnc1-n1ncc2cc(C(=O)O)ccc21. The number of azide groups is 1. The second-order valence-corrected chi connectivity index (χ2v) is 4.03. The van der Waals surface area contributed by atoms with Crippen LogP contribution in [0.25, 0.3) is 27.2 Å². The smallest absolute Gasteiger partial charge is 0.335 e. The topological polar surface area (TPSA) is 130 Å². The first-order valence-corrected chi connectivity index (χ1v) is 5.78. The molecule has 1 N–H and O–H groups in total. The third kappa shape index (κ3) is 2.13. The van der Waals surface area contributed by atoms with Crippen LogP contribution < -0.4 is 0 Å². The molecule has 0 aliphatic rings. The summed E-state index contributed by atoms with van der Waals surface area (Å²) in [7, 11) is 0. The van der Waals surface area contributed by atoms with Crippen molar-refractivity contribution in [3.63, 3.8) is 0 Å². The quantitative estimate of drug-likeness (QED) is 0.447. The molecule has 3 rings (SSSR count). The lowest BCUT2D eigenvalue weighted by Crippen LogP contribution is -2.01. The molecular weight excluding hydrogens is 274 g/mol. The fourth-order valence-corrected chi connectivity index (χ4v) is 1.92. The summed E-state index contributed by atoms with van der Waals surface area (Å²) in [4.78, 5) is 21.7. The number of rotatable bonds is 3. The number of carbonyl (C=O) groups is 1. The van der Waals surface area contributed by atoms with Crippen molar-refractivity contribution < 1.29 is 9.90 Å². The van der Waals surface area contributed by atoms with E-state index in [0.717, 1.165) is 0 Å². The maximum Gasteiger partial charge on any atom is 0.335 e. The summed E-state index contributed by atoms with van der Waals surface area (Å²) in [6.45, 7) is 0. The Hall–Kier alpha value is -3.45. The van der Waals surface area contributed by atoms with E-state index in [9.17, 15) is 4.79 Å². The third-order valence-corrected chi connectivity index (χ3v) is 2.82. The van der Waals surface area contributed by atoms with Crippen molar-refractivity contribution in [3.8, 4) is 5.82 Å². The number of benzene rings is 1. The molecule has 0 fully saturated rings. The van der Waals surface area contributed by atoms with E-state index in [0.29, 0.717) is 10.9 Å². The summed E-state index contributed by atoms with van der Waals surface area (Å²) >= 11 is 0.